The first kappa shape index (κ1) is 9.11. The SMILES string of the molecule is NC(=O)NC1CN(C(=O)NC2CC2)C1. The Labute approximate surface area is 81.8 Å². The van der Waals surface area contributed by atoms with Crippen molar-refractivity contribution in [2.75, 3.05) is 13.1 Å². The van der Waals surface area contributed by atoms with Crippen LogP contribution in [0.25, 0.3) is 0 Å². The van der Waals surface area contributed by atoms with Gasteiger partial charge >= 0.3 is 12.1 Å². The molecule has 2 aliphatic rings. The number of nitrogens with zero attached hydrogens (tertiary/aromatic N) is 1. The van der Waals surface area contributed by atoms with Gasteiger partial charge in [-0.25, -0.2) is 9.59 Å². The van der Waals surface area contributed by atoms with Crippen molar-refractivity contribution in [1.29, 1.82) is 0 Å². The van der Waals surface area contributed by atoms with Crippen LogP contribution in [0, 0.1) is 0 Å². The topological polar surface area (TPSA) is 87.5 Å². The second-order valence-electron chi connectivity index (χ2n) is 3.83. The fourth-order valence-corrected chi connectivity index (χ4v) is 1.43. The van der Waals surface area contributed by atoms with E-state index < -0.39 is 6.03 Å². The number of urea groups is 2. The van der Waals surface area contributed by atoms with Gasteiger partial charge in [-0.05, 0) is 12.8 Å². The van der Waals surface area contributed by atoms with Crippen LogP contribution in [0.2, 0.25) is 0 Å². The summed E-state index contributed by atoms with van der Waals surface area (Å²) in [5, 5.41) is 5.42. The summed E-state index contributed by atoms with van der Waals surface area (Å²) in [6.07, 6.45) is 2.17. The summed E-state index contributed by atoms with van der Waals surface area (Å²) in [6, 6.07) is -0.157. The van der Waals surface area contributed by atoms with Gasteiger partial charge in [-0.15, -0.1) is 0 Å². The van der Waals surface area contributed by atoms with Crippen molar-refractivity contribution in [1.82, 2.24) is 15.5 Å². The van der Waals surface area contributed by atoms with Gasteiger partial charge < -0.3 is 21.3 Å². The molecular weight excluding hydrogens is 184 g/mol. The molecule has 78 valence electrons. The zero-order valence-corrected chi connectivity index (χ0v) is 7.82. The number of primary amides is 1. The number of carbonyl (C=O) groups is 2. The first-order chi connectivity index (χ1) is 6.65. The number of rotatable bonds is 2. The molecule has 6 heteroatoms. The molecular formula is C8H14N4O2. The minimum Gasteiger partial charge on any atom is -0.352 e. The number of nitrogens with one attached hydrogen (secondary N) is 2. The Morgan fingerprint density at radius 2 is 1.79 bits per heavy atom. The van der Waals surface area contributed by atoms with E-state index in [-0.39, 0.29) is 12.1 Å². The first-order valence-electron chi connectivity index (χ1n) is 4.76. The molecule has 1 aliphatic heterocycles. The van der Waals surface area contributed by atoms with Crippen LogP contribution in [-0.4, -0.2) is 42.1 Å². The molecule has 0 radical (unpaired) electrons. The van der Waals surface area contributed by atoms with Gasteiger partial charge in [0, 0.05) is 19.1 Å². The van der Waals surface area contributed by atoms with Crippen LogP contribution in [0.1, 0.15) is 12.8 Å². The Kier molecular flexibility index (Phi) is 2.18. The van der Waals surface area contributed by atoms with Crippen molar-refractivity contribution in [2.24, 2.45) is 5.73 Å². The molecule has 0 aromatic rings. The van der Waals surface area contributed by atoms with Crippen molar-refractivity contribution in [3.63, 3.8) is 0 Å². The number of hydrogen-bond donors (Lipinski definition) is 3. The Hall–Kier alpha value is -1.46. The van der Waals surface area contributed by atoms with E-state index in [2.05, 4.69) is 10.6 Å². The number of likely N-dealkylation sites (tertiary alicyclic amines) is 1. The van der Waals surface area contributed by atoms with Crippen molar-refractivity contribution in [2.45, 2.75) is 24.9 Å². The number of amides is 4. The molecule has 6 nitrogen and oxygen atoms in total. The van der Waals surface area contributed by atoms with Crippen LogP contribution in [0.3, 0.4) is 0 Å². The normalized spacial score (nSPS) is 21.3. The van der Waals surface area contributed by atoms with E-state index in [1.54, 1.807) is 4.90 Å². The minimum absolute atomic E-state index is 0.0254. The molecule has 1 saturated carbocycles. The summed E-state index contributed by atoms with van der Waals surface area (Å²) in [7, 11) is 0. The summed E-state index contributed by atoms with van der Waals surface area (Å²) in [4.78, 5) is 23.5. The van der Waals surface area contributed by atoms with E-state index in [1.165, 1.54) is 0 Å². The molecule has 1 heterocycles. The molecule has 0 spiro atoms. The van der Waals surface area contributed by atoms with Crippen LogP contribution >= 0.6 is 0 Å². The van der Waals surface area contributed by atoms with Crippen molar-refractivity contribution in [3.8, 4) is 0 Å². The molecule has 14 heavy (non-hydrogen) atoms. The summed E-state index contributed by atoms with van der Waals surface area (Å²) < 4.78 is 0. The molecule has 0 aromatic carbocycles. The van der Waals surface area contributed by atoms with E-state index in [0.717, 1.165) is 12.8 Å². The maximum Gasteiger partial charge on any atom is 0.317 e. The molecule has 0 aromatic heterocycles. The monoisotopic (exact) mass is 198 g/mol. The van der Waals surface area contributed by atoms with Gasteiger partial charge in [0.2, 0.25) is 0 Å². The Bertz CT molecular complexity index is 258. The molecule has 4 amide bonds. The third-order valence-corrected chi connectivity index (χ3v) is 2.42. The minimum atomic E-state index is -0.530. The lowest BCUT2D eigenvalue weighted by Crippen LogP contribution is -2.63. The van der Waals surface area contributed by atoms with Gasteiger partial charge in [-0.2, -0.15) is 0 Å². The molecule has 1 saturated heterocycles. The maximum absolute atomic E-state index is 11.4. The van der Waals surface area contributed by atoms with E-state index in [1.807, 2.05) is 0 Å². The zero-order valence-electron chi connectivity index (χ0n) is 7.82. The highest BCUT2D eigenvalue weighted by Crippen LogP contribution is 2.19. The molecule has 2 fully saturated rings. The lowest BCUT2D eigenvalue weighted by molar-refractivity contribution is 0.140. The predicted molar refractivity (Wildman–Crippen MR) is 49.6 cm³/mol. The number of carbonyl (C=O) groups excluding carboxylic acids is 2. The van der Waals surface area contributed by atoms with E-state index in [4.69, 9.17) is 5.73 Å². The molecule has 0 unspecified atom stereocenters. The highest BCUT2D eigenvalue weighted by Gasteiger charge is 2.33. The average Bonchev–Trinajstić information content (AvgIpc) is 2.78. The zero-order chi connectivity index (χ0) is 10.1. The van der Waals surface area contributed by atoms with Crippen LogP contribution in [0.15, 0.2) is 0 Å². The van der Waals surface area contributed by atoms with Gasteiger partial charge in [0.15, 0.2) is 0 Å². The second-order valence-corrected chi connectivity index (χ2v) is 3.83. The van der Waals surface area contributed by atoms with E-state index >= 15 is 0 Å². The number of hydrogen-bond acceptors (Lipinski definition) is 2. The highest BCUT2D eigenvalue weighted by molar-refractivity contribution is 5.77. The van der Waals surface area contributed by atoms with Crippen LogP contribution in [0.5, 0.6) is 0 Å². The quantitative estimate of drug-likeness (QED) is 0.543. The van der Waals surface area contributed by atoms with E-state index in [0.29, 0.717) is 19.1 Å². The predicted octanol–water partition coefficient (Wildman–Crippen LogP) is -0.789. The lowest BCUT2D eigenvalue weighted by atomic mass is 10.1. The molecule has 4 N–H and O–H groups in total. The Morgan fingerprint density at radius 1 is 1.14 bits per heavy atom. The maximum atomic E-state index is 11.4. The first-order valence-corrected chi connectivity index (χ1v) is 4.76. The smallest absolute Gasteiger partial charge is 0.317 e. The van der Waals surface area contributed by atoms with Crippen molar-refractivity contribution < 1.29 is 9.59 Å². The largest absolute Gasteiger partial charge is 0.352 e. The fourth-order valence-electron chi connectivity index (χ4n) is 1.43. The third kappa shape index (κ3) is 2.07. The summed E-state index contributed by atoms with van der Waals surface area (Å²) in [6.45, 7) is 1.11. The van der Waals surface area contributed by atoms with Crippen LogP contribution in [0.4, 0.5) is 9.59 Å². The lowest BCUT2D eigenvalue weighted by Gasteiger charge is -2.38. The van der Waals surface area contributed by atoms with Gasteiger partial charge in [0.05, 0.1) is 6.04 Å². The van der Waals surface area contributed by atoms with E-state index in [9.17, 15) is 9.59 Å². The third-order valence-electron chi connectivity index (χ3n) is 2.42. The Morgan fingerprint density at radius 3 is 2.29 bits per heavy atom. The average molecular weight is 198 g/mol. The Balaban J connectivity index is 1.65. The van der Waals surface area contributed by atoms with Gasteiger partial charge in [0.1, 0.15) is 0 Å². The number of nitrogens with two attached hydrogens (primary N) is 1. The van der Waals surface area contributed by atoms with Crippen LogP contribution in [-0.2, 0) is 0 Å². The highest BCUT2D eigenvalue weighted by atomic mass is 16.2. The van der Waals surface area contributed by atoms with Crippen LogP contribution < -0.4 is 16.4 Å². The summed E-state index contributed by atoms with van der Waals surface area (Å²) in [5.74, 6) is 0. The summed E-state index contributed by atoms with van der Waals surface area (Å²) >= 11 is 0. The molecule has 1 aliphatic carbocycles. The van der Waals surface area contributed by atoms with Gasteiger partial charge in [-0.1, -0.05) is 0 Å². The molecule has 2 rings (SSSR count). The fraction of sp³-hybridized carbons (Fsp3) is 0.750. The van der Waals surface area contributed by atoms with Crippen molar-refractivity contribution in [3.05, 3.63) is 0 Å². The molecule has 0 atom stereocenters. The summed E-state index contributed by atoms with van der Waals surface area (Å²) in [5.41, 5.74) is 4.95. The van der Waals surface area contributed by atoms with Crippen molar-refractivity contribution >= 4 is 12.1 Å². The molecule has 0 bridgehead atoms. The van der Waals surface area contributed by atoms with Gasteiger partial charge in [-0.3, -0.25) is 0 Å². The standard InChI is InChI=1S/C8H14N4O2/c9-7(13)10-6-3-12(4-6)8(14)11-5-1-2-5/h5-6H,1-4H2,(H,11,14)(H3,9,10,13). The van der Waals surface area contributed by atoms with Gasteiger partial charge in [0.25, 0.3) is 0 Å². The second kappa shape index (κ2) is 3.36.